The smallest absolute Gasteiger partial charge is 0.455 e. The molecular weight excluding hydrogens is 509 g/mol. The van der Waals surface area contributed by atoms with Crippen molar-refractivity contribution in [3.8, 4) is 17.0 Å². The summed E-state index contributed by atoms with van der Waals surface area (Å²) in [6.07, 6.45) is -4.47. The van der Waals surface area contributed by atoms with Crippen LogP contribution in [0.4, 0.5) is 27.6 Å². The third kappa shape index (κ3) is 5.87. The Balaban J connectivity index is 1.40. The first-order chi connectivity index (χ1) is 18.1. The Morgan fingerprint density at radius 3 is 2.45 bits per heavy atom. The number of carbonyl (C=O) groups excluding carboxylic acids is 1. The predicted octanol–water partition coefficient (Wildman–Crippen LogP) is 6.88. The number of nitrogens with zero attached hydrogens (tertiary/aromatic N) is 2. The summed E-state index contributed by atoms with van der Waals surface area (Å²) in [7, 11) is 0. The maximum absolute atomic E-state index is 13.4. The molecule has 1 saturated heterocycles. The molecule has 0 bridgehead atoms. The van der Waals surface area contributed by atoms with Crippen molar-refractivity contribution >= 4 is 22.6 Å². The first-order valence-corrected chi connectivity index (χ1v) is 11.8. The molecule has 1 amide bonds. The zero-order chi connectivity index (χ0) is 26.9. The van der Waals surface area contributed by atoms with Crippen molar-refractivity contribution in [3.63, 3.8) is 0 Å². The molecule has 5 rings (SSSR count). The SMILES string of the molecule is O=C(c1ccc(-c2cc(OC(F)(F)F)c3oc(CNc4ccccc4)cc3c2)nc1)N1CCC(F)(F)CC1. The molecule has 3 heterocycles. The third-order valence-corrected chi connectivity index (χ3v) is 6.19. The van der Waals surface area contributed by atoms with E-state index in [4.69, 9.17) is 4.42 Å². The van der Waals surface area contributed by atoms with Crippen LogP contribution in [0, 0.1) is 0 Å². The first-order valence-electron chi connectivity index (χ1n) is 11.8. The number of hydrogen-bond donors (Lipinski definition) is 1. The van der Waals surface area contributed by atoms with Gasteiger partial charge < -0.3 is 19.4 Å². The van der Waals surface area contributed by atoms with Crippen LogP contribution in [0.5, 0.6) is 5.75 Å². The van der Waals surface area contributed by atoms with Crippen molar-refractivity contribution in [3.05, 3.63) is 78.2 Å². The number of benzene rings is 2. The Bertz CT molecular complexity index is 1430. The summed E-state index contributed by atoms with van der Waals surface area (Å²) in [5.41, 5.74) is 1.56. The Morgan fingerprint density at radius 1 is 1.05 bits per heavy atom. The van der Waals surface area contributed by atoms with Gasteiger partial charge in [-0.05, 0) is 42.5 Å². The van der Waals surface area contributed by atoms with E-state index in [0.29, 0.717) is 22.4 Å². The second-order valence-corrected chi connectivity index (χ2v) is 8.95. The van der Waals surface area contributed by atoms with Crippen LogP contribution in [0.15, 0.2) is 71.3 Å². The topological polar surface area (TPSA) is 67.6 Å². The number of piperidine rings is 1. The van der Waals surface area contributed by atoms with Gasteiger partial charge in [-0.25, -0.2) is 8.78 Å². The van der Waals surface area contributed by atoms with Crippen molar-refractivity contribution in [1.82, 2.24) is 9.88 Å². The van der Waals surface area contributed by atoms with E-state index in [-0.39, 0.29) is 30.8 Å². The molecule has 38 heavy (non-hydrogen) atoms. The number of rotatable bonds is 6. The van der Waals surface area contributed by atoms with E-state index in [0.717, 1.165) is 5.69 Å². The number of furan rings is 1. The van der Waals surface area contributed by atoms with Crippen LogP contribution in [-0.2, 0) is 6.54 Å². The van der Waals surface area contributed by atoms with Gasteiger partial charge in [0.25, 0.3) is 11.8 Å². The van der Waals surface area contributed by atoms with Gasteiger partial charge in [0.15, 0.2) is 11.3 Å². The summed E-state index contributed by atoms with van der Waals surface area (Å²) in [4.78, 5) is 18.3. The molecule has 0 aliphatic carbocycles. The number of nitrogens with one attached hydrogen (secondary N) is 1. The van der Waals surface area contributed by atoms with Crippen LogP contribution in [-0.4, -0.2) is 41.2 Å². The largest absolute Gasteiger partial charge is 0.573 e. The third-order valence-electron chi connectivity index (χ3n) is 6.19. The van der Waals surface area contributed by atoms with Gasteiger partial charge in [-0.15, -0.1) is 13.2 Å². The fourth-order valence-electron chi connectivity index (χ4n) is 4.27. The van der Waals surface area contributed by atoms with E-state index >= 15 is 0 Å². The number of pyridine rings is 1. The van der Waals surface area contributed by atoms with Gasteiger partial charge >= 0.3 is 6.36 Å². The molecule has 0 spiro atoms. The fourth-order valence-corrected chi connectivity index (χ4v) is 4.27. The summed E-state index contributed by atoms with van der Waals surface area (Å²) < 4.78 is 76.2. The highest BCUT2D eigenvalue weighted by Gasteiger charge is 2.36. The number of amides is 1. The van der Waals surface area contributed by atoms with Gasteiger partial charge in [0.2, 0.25) is 0 Å². The number of aromatic nitrogens is 1. The molecule has 1 fully saturated rings. The molecule has 1 aliphatic rings. The van der Waals surface area contributed by atoms with Gasteiger partial charge in [-0.1, -0.05) is 18.2 Å². The minimum atomic E-state index is -4.95. The van der Waals surface area contributed by atoms with Gasteiger partial charge in [0.1, 0.15) is 5.76 Å². The highest BCUT2D eigenvalue weighted by atomic mass is 19.4. The van der Waals surface area contributed by atoms with Crippen LogP contribution >= 0.6 is 0 Å². The molecule has 2 aromatic heterocycles. The van der Waals surface area contributed by atoms with Crippen molar-refractivity contribution in [1.29, 1.82) is 0 Å². The number of ether oxygens (including phenoxy) is 1. The zero-order valence-electron chi connectivity index (χ0n) is 19.9. The van der Waals surface area contributed by atoms with Crippen molar-refractivity contribution in [2.75, 3.05) is 18.4 Å². The highest BCUT2D eigenvalue weighted by molar-refractivity contribution is 5.94. The minimum absolute atomic E-state index is 0.0651. The van der Waals surface area contributed by atoms with Crippen LogP contribution in [0.1, 0.15) is 29.0 Å². The van der Waals surface area contributed by atoms with Gasteiger partial charge in [-0.3, -0.25) is 9.78 Å². The fraction of sp³-hybridized carbons (Fsp3) is 0.259. The molecule has 0 radical (unpaired) electrons. The Morgan fingerprint density at radius 2 is 1.79 bits per heavy atom. The lowest BCUT2D eigenvalue weighted by Crippen LogP contribution is -2.42. The summed E-state index contributed by atoms with van der Waals surface area (Å²) in [5.74, 6) is -3.33. The molecule has 4 aromatic rings. The number of carbonyl (C=O) groups is 1. The Hall–Kier alpha value is -4.15. The lowest BCUT2D eigenvalue weighted by molar-refractivity contribution is -0.274. The quantitative estimate of drug-likeness (QED) is 0.275. The average Bonchev–Trinajstić information content (AvgIpc) is 3.30. The molecule has 0 saturated carbocycles. The van der Waals surface area contributed by atoms with E-state index in [1.807, 2.05) is 30.3 Å². The molecule has 6 nitrogen and oxygen atoms in total. The minimum Gasteiger partial charge on any atom is -0.455 e. The predicted molar refractivity (Wildman–Crippen MR) is 130 cm³/mol. The molecule has 11 heteroatoms. The lowest BCUT2D eigenvalue weighted by atomic mass is 10.0. The number of halogens is 5. The summed E-state index contributed by atoms with van der Waals surface area (Å²) in [6, 6.07) is 16.6. The normalized spacial score (nSPS) is 15.4. The summed E-state index contributed by atoms with van der Waals surface area (Å²) in [5, 5.41) is 3.52. The number of alkyl halides is 5. The summed E-state index contributed by atoms with van der Waals surface area (Å²) >= 11 is 0. The number of anilines is 1. The second-order valence-electron chi connectivity index (χ2n) is 8.95. The molecular formula is C27H22F5N3O3. The van der Waals surface area contributed by atoms with Crippen molar-refractivity contribution in [2.24, 2.45) is 0 Å². The van der Waals surface area contributed by atoms with Crippen molar-refractivity contribution in [2.45, 2.75) is 31.7 Å². The van der Waals surface area contributed by atoms with E-state index in [1.165, 1.54) is 29.3 Å². The number of para-hydroxylation sites is 1. The summed E-state index contributed by atoms with van der Waals surface area (Å²) in [6.45, 7) is 0.103. The standard InChI is InChI=1S/C27H22F5N3O3/c28-26(29)8-10-35(11-9-26)25(36)17-6-7-22(34-15-17)18-12-19-13-21(16-33-20-4-2-1-3-5-20)37-24(19)23(14-18)38-27(30,31)32/h1-7,12-15,33H,8-11,16H2. The van der Waals surface area contributed by atoms with Crippen LogP contribution in [0.2, 0.25) is 0 Å². The van der Waals surface area contributed by atoms with Gasteiger partial charge in [0.05, 0.1) is 17.8 Å². The number of hydrogen-bond acceptors (Lipinski definition) is 5. The molecule has 0 unspecified atom stereocenters. The van der Waals surface area contributed by atoms with E-state index in [9.17, 15) is 26.7 Å². The average molecular weight is 531 g/mol. The molecule has 1 N–H and O–H groups in total. The van der Waals surface area contributed by atoms with Crippen LogP contribution in [0.25, 0.3) is 22.2 Å². The van der Waals surface area contributed by atoms with Crippen LogP contribution in [0.3, 0.4) is 0 Å². The molecule has 2 aromatic carbocycles. The molecule has 0 atom stereocenters. The van der Waals surface area contributed by atoms with Crippen LogP contribution < -0.4 is 10.1 Å². The molecule has 198 valence electrons. The monoisotopic (exact) mass is 531 g/mol. The maximum atomic E-state index is 13.4. The second kappa shape index (κ2) is 9.96. The first kappa shape index (κ1) is 25.5. The zero-order valence-corrected chi connectivity index (χ0v) is 19.9. The van der Waals surface area contributed by atoms with Gasteiger partial charge in [0, 0.05) is 48.8 Å². The maximum Gasteiger partial charge on any atom is 0.573 e. The van der Waals surface area contributed by atoms with E-state index in [2.05, 4.69) is 15.0 Å². The Labute approximate surface area is 214 Å². The lowest BCUT2D eigenvalue weighted by Gasteiger charge is -2.31. The van der Waals surface area contributed by atoms with E-state index in [1.54, 1.807) is 12.1 Å². The number of fused-ring (bicyclic) bond motifs is 1. The Kier molecular flexibility index (Phi) is 6.68. The highest BCUT2D eigenvalue weighted by Crippen LogP contribution is 2.37. The van der Waals surface area contributed by atoms with E-state index < -0.39 is 36.8 Å². The van der Waals surface area contributed by atoms with Crippen molar-refractivity contribution < 1.29 is 35.9 Å². The van der Waals surface area contributed by atoms with Gasteiger partial charge in [-0.2, -0.15) is 0 Å². The molecule has 1 aliphatic heterocycles. The number of likely N-dealkylation sites (tertiary alicyclic amines) is 1.